The second-order valence-electron chi connectivity index (χ2n) is 9.41. The van der Waals surface area contributed by atoms with Gasteiger partial charge in [0, 0.05) is 30.7 Å². The third-order valence-electron chi connectivity index (χ3n) is 6.42. The van der Waals surface area contributed by atoms with E-state index in [0.717, 1.165) is 39.4 Å². The number of nitrogens with zero attached hydrogens (tertiary/aromatic N) is 7. The molecule has 192 valence electrons. The van der Waals surface area contributed by atoms with Crippen LogP contribution in [0.4, 0.5) is 11.4 Å². The molecule has 39 heavy (non-hydrogen) atoms. The molecule has 1 amide bonds. The van der Waals surface area contributed by atoms with Crippen molar-refractivity contribution in [3.05, 3.63) is 101 Å². The van der Waals surface area contributed by atoms with Crippen molar-refractivity contribution in [1.82, 2.24) is 19.4 Å². The molecule has 0 spiro atoms. The summed E-state index contributed by atoms with van der Waals surface area (Å²) in [6, 6.07) is 25.5. The van der Waals surface area contributed by atoms with Gasteiger partial charge in [-0.25, -0.2) is 19.7 Å². The summed E-state index contributed by atoms with van der Waals surface area (Å²) in [7, 11) is 1.88. The van der Waals surface area contributed by atoms with Crippen molar-refractivity contribution in [3.8, 4) is 11.4 Å². The number of hydrogen-bond donors (Lipinski definition) is 1. The number of carbonyl (C=O) groups excluding carboxylic acids is 1. The van der Waals surface area contributed by atoms with Crippen molar-refractivity contribution in [1.29, 1.82) is 0 Å². The summed E-state index contributed by atoms with van der Waals surface area (Å²) in [4.78, 5) is 26.7. The van der Waals surface area contributed by atoms with Gasteiger partial charge in [-0.2, -0.15) is 14.7 Å². The van der Waals surface area contributed by atoms with E-state index in [2.05, 4.69) is 24.4 Å². The van der Waals surface area contributed by atoms with Gasteiger partial charge in [0.2, 0.25) is 5.91 Å². The number of amidine groups is 2. The van der Waals surface area contributed by atoms with Gasteiger partial charge in [0.25, 0.3) is 0 Å². The molecule has 0 saturated heterocycles. The number of aryl methyl sites for hydroxylation is 3. The summed E-state index contributed by atoms with van der Waals surface area (Å²) >= 11 is 0. The van der Waals surface area contributed by atoms with Crippen molar-refractivity contribution < 1.29 is 4.79 Å². The summed E-state index contributed by atoms with van der Waals surface area (Å²) in [5.41, 5.74) is 7.06. The van der Waals surface area contributed by atoms with E-state index in [1.807, 2.05) is 85.2 Å². The number of aromatic nitrogens is 4. The monoisotopic (exact) mass is 514 g/mol. The van der Waals surface area contributed by atoms with Gasteiger partial charge in [-0.05, 0) is 26.0 Å². The average molecular weight is 515 g/mol. The maximum absolute atomic E-state index is 11.9. The van der Waals surface area contributed by atoms with Crippen LogP contribution in [0.2, 0.25) is 0 Å². The largest absolute Gasteiger partial charge is 0.326 e. The Balaban J connectivity index is 1.54. The highest BCUT2D eigenvalue weighted by atomic mass is 16.1. The van der Waals surface area contributed by atoms with Crippen molar-refractivity contribution in [2.45, 2.75) is 20.8 Å². The molecule has 1 aliphatic heterocycles. The zero-order valence-corrected chi connectivity index (χ0v) is 22.0. The van der Waals surface area contributed by atoms with Crippen LogP contribution in [0.3, 0.4) is 0 Å². The first-order valence-corrected chi connectivity index (χ1v) is 12.6. The molecule has 0 radical (unpaired) electrons. The lowest BCUT2D eigenvalue weighted by Gasteiger charge is -2.09. The molecule has 1 aliphatic rings. The standard InChI is InChI=1S/C30H26N8O/c1-18-11-10-14-22(17-18)29-36-37(4)30-25(19(2)35-38(29)30)32-28-26(23-15-8-9-16-24(23)31-20(3)39)33-27(34-28)21-12-6-5-7-13-21/h5-17H,1-4H3,(H,31,39). The molecule has 1 N–H and O–H groups in total. The van der Waals surface area contributed by atoms with Crippen molar-refractivity contribution in [3.63, 3.8) is 0 Å². The highest BCUT2D eigenvalue weighted by Crippen LogP contribution is 2.31. The summed E-state index contributed by atoms with van der Waals surface area (Å²) in [5.74, 6) is 1.54. The first-order valence-electron chi connectivity index (χ1n) is 12.6. The minimum atomic E-state index is -0.170. The summed E-state index contributed by atoms with van der Waals surface area (Å²) < 4.78 is 3.61. The third kappa shape index (κ3) is 4.44. The average Bonchev–Trinajstić information content (AvgIpc) is 3.58. The highest BCUT2D eigenvalue weighted by Gasteiger charge is 2.26. The maximum atomic E-state index is 11.9. The number of aliphatic imine (C=N–C) groups is 3. The van der Waals surface area contributed by atoms with E-state index in [-0.39, 0.29) is 5.91 Å². The van der Waals surface area contributed by atoms with E-state index in [1.54, 1.807) is 4.68 Å². The zero-order chi connectivity index (χ0) is 27.1. The lowest BCUT2D eigenvalue weighted by Crippen LogP contribution is -2.15. The molecule has 9 nitrogen and oxygen atoms in total. The van der Waals surface area contributed by atoms with Crippen LogP contribution in [0.25, 0.3) is 17.0 Å². The SMILES string of the molecule is CC(=O)Nc1ccccc1C1=NC(c2ccccc2)=NC1=Nc1c(C)nn2c(-c3cccc(C)c3)nn(C)c12. The van der Waals surface area contributed by atoms with Crippen molar-refractivity contribution >= 4 is 40.3 Å². The number of rotatable bonds is 5. The normalized spacial score (nSPS) is 14.1. The van der Waals surface area contributed by atoms with Gasteiger partial charge in [-0.1, -0.05) is 72.3 Å². The number of carbonyl (C=O) groups is 1. The molecular weight excluding hydrogens is 488 g/mol. The summed E-state index contributed by atoms with van der Waals surface area (Å²) in [5, 5.41) is 12.5. The fourth-order valence-corrected chi connectivity index (χ4v) is 4.68. The quantitative estimate of drug-likeness (QED) is 0.345. The van der Waals surface area contributed by atoms with E-state index in [4.69, 9.17) is 25.2 Å². The van der Waals surface area contributed by atoms with Crippen molar-refractivity contribution in [2.24, 2.45) is 22.0 Å². The predicted molar refractivity (Wildman–Crippen MR) is 154 cm³/mol. The molecule has 0 aliphatic carbocycles. The predicted octanol–water partition coefficient (Wildman–Crippen LogP) is 5.29. The first-order chi connectivity index (χ1) is 18.9. The minimum Gasteiger partial charge on any atom is -0.326 e. The van der Waals surface area contributed by atoms with E-state index in [0.29, 0.717) is 28.8 Å². The lowest BCUT2D eigenvalue weighted by atomic mass is 10.1. The van der Waals surface area contributed by atoms with Crippen LogP contribution in [0.5, 0.6) is 0 Å². The van der Waals surface area contributed by atoms with Gasteiger partial charge in [0.05, 0.1) is 11.4 Å². The molecule has 3 heterocycles. The maximum Gasteiger partial charge on any atom is 0.221 e. The number of benzene rings is 3. The number of amides is 1. The number of hydrogen-bond acceptors (Lipinski definition) is 5. The zero-order valence-electron chi connectivity index (χ0n) is 22.0. The fraction of sp³-hybridized carbons (Fsp3) is 0.133. The Labute approximate surface area is 225 Å². The van der Waals surface area contributed by atoms with E-state index in [1.165, 1.54) is 6.92 Å². The molecule has 5 aromatic rings. The van der Waals surface area contributed by atoms with Crippen molar-refractivity contribution in [2.75, 3.05) is 5.32 Å². The Kier molecular flexibility index (Phi) is 5.95. The summed E-state index contributed by atoms with van der Waals surface area (Å²) in [6.07, 6.45) is 0. The van der Waals surface area contributed by atoms with Gasteiger partial charge in [0.15, 0.2) is 23.1 Å². The molecule has 0 fully saturated rings. The van der Waals surface area contributed by atoms with Crippen LogP contribution < -0.4 is 5.32 Å². The van der Waals surface area contributed by atoms with Gasteiger partial charge < -0.3 is 5.32 Å². The number of para-hydroxylation sites is 1. The van der Waals surface area contributed by atoms with Gasteiger partial charge >= 0.3 is 0 Å². The van der Waals surface area contributed by atoms with Gasteiger partial charge in [-0.3, -0.25) is 4.79 Å². The second-order valence-corrected chi connectivity index (χ2v) is 9.41. The highest BCUT2D eigenvalue weighted by molar-refractivity contribution is 6.55. The Bertz CT molecular complexity index is 1840. The number of fused-ring (bicyclic) bond motifs is 1. The molecule has 2 aromatic heterocycles. The number of nitrogens with one attached hydrogen (secondary N) is 1. The Morgan fingerprint density at radius 2 is 1.62 bits per heavy atom. The number of anilines is 1. The molecule has 0 bridgehead atoms. The molecule has 9 heteroatoms. The molecule has 6 rings (SSSR count). The molecule has 3 aromatic carbocycles. The topological polar surface area (TPSA) is 101 Å². The third-order valence-corrected chi connectivity index (χ3v) is 6.42. The molecule has 0 atom stereocenters. The lowest BCUT2D eigenvalue weighted by molar-refractivity contribution is -0.114. The smallest absolute Gasteiger partial charge is 0.221 e. The van der Waals surface area contributed by atoms with E-state index < -0.39 is 0 Å². The van der Waals surface area contributed by atoms with Crippen LogP contribution in [-0.4, -0.2) is 42.7 Å². The minimum absolute atomic E-state index is 0.170. The molecule has 0 unspecified atom stereocenters. The summed E-state index contributed by atoms with van der Waals surface area (Å²) in [6.45, 7) is 5.46. The van der Waals surface area contributed by atoms with Crippen LogP contribution in [-0.2, 0) is 11.8 Å². The first kappa shape index (κ1) is 24.2. The van der Waals surface area contributed by atoms with Gasteiger partial charge in [0.1, 0.15) is 11.4 Å². The van der Waals surface area contributed by atoms with E-state index >= 15 is 0 Å². The van der Waals surface area contributed by atoms with Crippen LogP contribution in [0.1, 0.15) is 29.3 Å². The second kappa shape index (κ2) is 9.60. The Morgan fingerprint density at radius 1 is 0.872 bits per heavy atom. The van der Waals surface area contributed by atoms with Gasteiger partial charge in [-0.15, -0.1) is 0 Å². The molecule has 0 saturated carbocycles. The van der Waals surface area contributed by atoms with Crippen LogP contribution in [0.15, 0.2) is 93.8 Å². The fourth-order valence-electron chi connectivity index (χ4n) is 4.68. The molecular formula is C30H26N8O. The Morgan fingerprint density at radius 3 is 2.38 bits per heavy atom. The Hall–Kier alpha value is -5.18. The van der Waals surface area contributed by atoms with Crippen LogP contribution in [0, 0.1) is 13.8 Å². The van der Waals surface area contributed by atoms with E-state index in [9.17, 15) is 4.79 Å². The van der Waals surface area contributed by atoms with Crippen LogP contribution >= 0.6 is 0 Å².